The maximum atomic E-state index is 14.1. The second-order valence-corrected chi connectivity index (χ2v) is 8.55. The molecule has 2 aromatic rings. The summed E-state index contributed by atoms with van der Waals surface area (Å²) in [5, 5.41) is 12.6. The summed E-state index contributed by atoms with van der Waals surface area (Å²) < 4.78 is 25.6. The largest absolute Gasteiger partial charge is 0.496 e. The van der Waals surface area contributed by atoms with Gasteiger partial charge in [-0.15, -0.1) is 0 Å². The monoisotopic (exact) mass is 436 g/mol. The van der Waals surface area contributed by atoms with Crippen molar-refractivity contribution >= 4 is 11.6 Å². The van der Waals surface area contributed by atoms with Crippen molar-refractivity contribution in [3.8, 4) is 17.7 Å². The third kappa shape index (κ3) is 3.64. The number of aryl methyl sites for hydroxylation is 1. The van der Waals surface area contributed by atoms with Crippen LogP contribution in [0, 0.1) is 24.2 Å². The van der Waals surface area contributed by atoms with E-state index in [4.69, 9.17) is 15.2 Å². The van der Waals surface area contributed by atoms with Crippen molar-refractivity contribution in [1.82, 2.24) is 4.98 Å². The minimum absolute atomic E-state index is 0.182. The van der Waals surface area contributed by atoms with E-state index in [2.05, 4.69) is 16.4 Å². The van der Waals surface area contributed by atoms with Crippen molar-refractivity contribution in [2.24, 2.45) is 11.7 Å². The number of alkyl halides is 1. The van der Waals surface area contributed by atoms with Crippen molar-refractivity contribution < 1.29 is 18.7 Å². The number of rotatable bonds is 6. The first-order chi connectivity index (χ1) is 15.2. The van der Waals surface area contributed by atoms with Crippen LogP contribution in [0.4, 0.5) is 10.1 Å². The summed E-state index contributed by atoms with van der Waals surface area (Å²) >= 11 is 0. The maximum Gasteiger partial charge on any atom is 0.247 e. The van der Waals surface area contributed by atoms with Crippen molar-refractivity contribution in [2.45, 2.75) is 38.8 Å². The predicted molar refractivity (Wildman–Crippen MR) is 117 cm³/mol. The first kappa shape index (κ1) is 21.6. The number of allylic oxidation sites excluding steroid dienone is 1. The molecule has 2 aliphatic rings. The molecule has 3 atom stereocenters. The Morgan fingerprint density at radius 2 is 2.16 bits per heavy atom. The number of carbonyl (C=O) groups is 1. The molecular weight excluding hydrogens is 411 g/mol. The molecule has 2 heterocycles. The Balaban J connectivity index is 1.90. The summed E-state index contributed by atoms with van der Waals surface area (Å²) in [4.78, 5) is 17.0. The van der Waals surface area contributed by atoms with Gasteiger partial charge in [-0.3, -0.25) is 4.79 Å². The molecule has 1 saturated carbocycles. The predicted octanol–water partition coefficient (Wildman–Crippen LogP) is 3.71. The Morgan fingerprint density at radius 3 is 2.75 bits per heavy atom. The molecule has 1 aliphatic carbocycles. The van der Waals surface area contributed by atoms with Crippen LogP contribution >= 0.6 is 0 Å². The van der Waals surface area contributed by atoms with E-state index in [-0.39, 0.29) is 12.5 Å². The normalized spacial score (nSPS) is 23.6. The van der Waals surface area contributed by atoms with Crippen molar-refractivity contribution in [2.75, 3.05) is 19.0 Å². The van der Waals surface area contributed by atoms with Crippen LogP contribution in [-0.2, 0) is 4.79 Å². The van der Waals surface area contributed by atoms with Gasteiger partial charge in [0.2, 0.25) is 11.8 Å². The Labute approximate surface area is 186 Å². The number of amides is 1. The minimum atomic E-state index is -1.23. The van der Waals surface area contributed by atoms with E-state index >= 15 is 0 Å². The third-order valence-electron chi connectivity index (χ3n) is 6.26. The second kappa shape index (κ2) is 7.83. The summed E-state index contributed by atoms with van der Waals surface area (Å²) in [6.45, 7) is 5.42. The number of methoxy groups -OCH3 is 1. The fourth-order valence-electron chi connectivity index (χ4n) is 4.27. The van der Waals surface area contributed by atoms with Gasteiger partial charge in [-0.1, -0.05) is 6.07 Å². The lowest BCUT2D eigenvalue weighted by molar-refractivity contribution is -0.114. The highest BCUT2D eigenvalue weighted by molar-refractivity contribution is 5.98. The number of hydrogen-bond donors (Lipinski definition) is 2. The zero-order valence-corrected chi connectivity index (χ0v) is 18.5. The molecule has 8 heteroatoms. The van der Waals surface area contributed by atoms with Gasteiger partial charge in [0, 0.05) is 28.9 Å². The maximum absolute atomic E-state index is 14.1. The van der Waals surface area contributed by atoms with Gasteiger partial charge >= 0.3 is 0 Å². The van der Waals surface area contributed by atoms with Crippen LogP contribution in [-0.4, -0.2) is 30.3 Å². The molecule has 1 amide bonds. The SMILES string of the molecule is COc1cc(C#N)ccc1C1C(C(N)=O)=C(C)Nc2c(C)cnc(OCC3CC3(C)F)c21. The Morgan fingerprint density at radius 1 is 1.44 bits per heavy atom. The molecule has 0 spiro atoms. The quantitative estimate of drug-likeness (QED) is 0.714. The van der Waals surface area contributed by atoms with Crippen molar-refractivity contribution in [3.63, 3.8) is 0 Å². The van der Waals surface area contributed by atoms with Gasteiger partial charge in [-0.2, -0.15) is 5.26 Å². The van der Waals surface area contributed by atoms with Crippen LogP contribution in [0.5, 0.6) is 11.6 Å². The standard InChI is InChI=1S/C24H25FN4O3/c1-12-10-28-23(32-11-15-8-24(15,3)25)20-19(18(22(27)30)13(2)29-21(12)20)16-6-5-14(9-26)7-17(16)31-4/h5-7,10,15,19,29H,8,11H2,1-4H3,(H2,27,30). The number of benzene rings is 1. The number of nitrogens with one attached hydrogen (secondary N) is 1. The van der Waals surface area contributed by atoms with E-state index in [1.165, 1.54) is 7.11 Å². The molecule has 4 rings (SSSR count). The minimum Gasteiger partial charge on any atom is -0.496 e. The fraction of sp³-hybridized carbons (Fsp3) is 0.375. The zero-order chi connectivity index (χ0) is 23.2. The number of carbonyl (C=O) groups excluding carboxylic acids is 1. The van der Waals surface area contributed by atoms with Gasteiger partial charge in [0.1, 0.15) is 11.4 Å². The van der Waals surface area contributed by atoms with Crippen molar-refractivity contribution in [3.05, 3.63) is 57.9 Å². The molecule has 0 bridgehead atoms. The van der Waals surface area contributed by atoms with Gasteiger partial charge < -0.3 is 20.5 Å². The molecule has 3 unspecified atom stereocenters. The molecule has 1 aromatic heterocycles. The number of anilines is 1. The number of nitrogens with zero attached hydrogens (tertiary/aromatic N) is 2. The number of aromatic nitrogens is 1. The highest BCUT2D eigenvalue weighted by atomic mass is 19.1. The average molecular weight is 436 g/mol. The van der Waals surface area contributed by atoms with E-state index in [1.807, 2.05) is 6.92 Å². The van der Waals surface area contributed by atoms with Crippen LogP contribution in [0.25, 0.3) is 0 Å². The van der Waals surface area contributed by atoms with Gasteiger partial charge in [-0.25, -0.2) is 9.37 Å². The van der Waals surface area contributed by atoms with Crippen LogP contribution in [0.15, 0.2) is 35.7 Å². The lowest BCUT2D eigenvalue weighted by atomic mass is 9.79. The molecule has 32 heavy (non-hydrogen) atoms. The fourth-order valence-corrected chi connectivity index (χ4v) is 4.27. The molecule has 1 fully saturated rings. The topological polar surface area (TPSA) is 110 Å². The van der Waals surface area contributed by atoms with E-state index in [1.54, 1.807) is 38.2 Å². The number of hydrogen-bond acceptors (Lipinski definition) is 6. The molecule has 1 aromatic carbocycles. The lowest BCUT2D eigenvalue weighted by Crippen LogP contribution is -2.29. The molecule has 0 saturated heterocycles. The van der Waals surface area contributed by atoms with E-state index in [9.17, 15) is 14.4 Å². The van der Waals surface area contributed by atoms with E-state index < -0.39 is 17.5 Å². The Kier molecular flexibility index (Phi) is 5.29. The van der Waals surface area contributed by atoms with E-state index in [0.29, 0.717) is 46.0 Å². The number of nitriles is 1. The first-order valence-corrected chi connectivity index (χ1v) is 10.3. The molecule has 0 radical (unpaired) electrons. The van der Waals surface area contributed by atoms with Gasteiger partial charge in [0.15, 0.2) is 0 Å². The van der Waals surface area contributed by atoms with Crippen LogP contribution in [0.1, 0.15) is 48.4 Å². The number of pyridine rings is 1. The highest BCUT2D eigenvalue weighted by Gasteiger charge is 2.51. The molecule has 166 valence electrons. The molecule has 3 N–H and O–H groups in total. The van der Waals surface area contributed by atoms with Crippen LogP contribution < -0.4 is 20.5 Å². The number of halogens is 1. The van der Waals surface area contributed by atoms with Gasteiger partial charge in [-0.05, 0) is 44.9 Å². The summed E-state index contributed by atoms with van der Waals surface area (Å²) in [5.74, 6) is -0.677. The molecular formula is C24H25FN4O3. The number of nitrogens with two attached hydrogens (primary N) is 1. The van der Waals surface area contributed by atoms with E-state index in [0.717, 1.165) is 11.3 Å². The first-order valence-electron chi connectivity index (χ1n) is 10.3. The molecule has 7 nitrogen and oxygen atoms in total. The van der Waals surface area contributed by atoms with Crippen molar-refractivity contribution in [1.29, 1.82) is 5.26 Å². The summed E-state index contributed by atoms with van der Waals surface area (Å²) in [6.07, 6.45) is 2.12. The summed E-state index contributed by atoms with van der Waals surface area (Å²) in [7, 11) is 1.50. The lowest BCUT2D eigenvalue weighted by Gasteiger charge is -2.32. The van der Waals surface area contributed by atoms with Gasteiger partial charge in [0.25, 0.3) is 0 Å². The highest BCUT2D eigenvalue weighted by Crippen LogP contribution is 2.50. The summed E-state index contributed by atoms with van der Waals surface area (Å²) in [6, 6.07) is 7.12. The smallest absolute Gasteiger partial charge is 0.247 e. The average Bonchev–Trinajstić information content (AvgIpc) is 3.38. The van der Waals surface area contributed by atoms with Gasteiger partial charge in [0.05, 0.1) is 42.5 Å². The Bertz CT molecular complexity index is 1180. The number of ether oxygens (including phenoxy) is 2. The number of fused-ring (bicyclic) bond motifs is 1. The van der Waals surface area contributed by atoms with Crippen LogP contribution in [0.3, 0.4) is 0 Å². The second-order valence-electron chi connectivity index (χ2n) is 8.55. The molecule has 1 aliphatic heterocycles. The zero-order valence-electron chi connectivity index (χ0n) is 18.5. The number of primary amides is 1. The summed E-state index contributed by atoms with van der Waals surface area (Å²) in [5.41, 5.74) is 8.86. The third-order valence-corrected chi connectivity index (χ3v) is 6.26. The van der Waals surface area contributed by atoms with Crippen LogP contribution in [0.2, 0.25) is 0 Å². The Hall–Kier alpha value is -3.60.